The average molecular weight is 392 g/mol. The summed E-state index contributed by atoms with van der Waals surface area (Å²) in [5, 5.41) is 0. The van der Waals surface area contributed by atoms with Gasteiger partial charge in [0.1, 0.15) is 11.9 Å². The molecule has 6 nitrogen and oxygen atoms in total. The number of allylic oxidation sites excluding steroid dienone is 1. The maximum absolute atomic E-state index is 12.2. The molecular formula is C22H33NO5. The monoisotopic (exact) mass is 391 g/mol. The van der Waals surface area contributed by atoms with Crippen LogP contribution >= 0.6 is 0 Å². The predicted octanol–water partition coefficient (Wildman–Crippen LogP) is 4.89. The molecule has 1 N–H and O–H groups in total. The summed E-state index contributed by atoms with van der Waals surface area (Å²) in [5.41, 5.74) is 1.00. The van der Waals surface area contributed by atoms with Crippen LogP contribution in [0, 0.1) is 0 Å². The number of pyridine rings is 1. The van der Waals surface area contributed by atoms with Gasteiger partial charge in [0.05, 0.1) is 25.7 Å². The van der Waals surface area contributed by atoms with Crippen molar-refractivity contribution in [3.8, 4) is 5.75 Å². The van der Waals surface area contributed by atoms with Gasteiger partial charge in [-0.25, -0.2) is 0 Å². The van der Waals surface area contributed by atoms with Crippen LogP contribution in [0.4, 0.5) is 0 Å². The summed E-state index contributed by atoms with van der Waals surface area (Å²) >= 11 is 0. The third kappa shape index (κ3) is 6.73. The van der Waals surface area contributed by atoms with Gasteiger partial charge >= 0.3 is 5.97 Å². The van der Waals surface area contributed by atoms with Crippen LogP contribution in [0.1, 0.15) is 88.5 Å². The second-order valence-corrected chi connectivity index (χ2v) is 7.31. The summed E-state index contributed by atoms with van der Waals surface area (Å²) < 4.78 is 16.6. The van der Waals surface area contributed by atoms with Gasteiger partial charge in [0.25, 0.3) is 5.56 Å². The zero-order valence-corrected chi connectivity index (χ0v) is 17.3. The molecule has 0 radical (unpaired) electrons. The summed E-state index contributed by atoms with van der Waals surface area (Å²) in [7, 11) is 3.19. The maximum Gasteiger partial charge on any atom is 0.303 e. The molecule has 1 aliphatic rings. The number of fused-ring (bicyclic) bond motifs is 1. The maximum atomic E-state index is 12.2. The zero-order valence-electron chi connectivity index (χ0n) is 17.3. The number of aromatic nitrogens is 1. The van der Waals surface area contributed by atoms with E-state index in [-0.39, 0.29) is 11.5 Å². The largest absolute Gasteiger partial charge is 0.501 e. The number of esters is 1. The van der Waals surface area contributed by atoms with Crippen molar-refractivity contribution in [3.63, 3.8) is 0 Å². The Morgan fingerprint density at radius 1 is 1.00 bits per heavy atom. The summed E-state index contributed by atoms with van der Waals surface area (Å²) in [6.07, 6.45) is 12.0. The molecule has 0 unspecified atom stereocenters. The van der Waals surface area contributed by atoms with E-state index < -0.39 is 6.10 Å². The molecule has 0 spiro atoms. The number of carbonyl (C=O) groups is 1. The normalized spacial score (nSPS) is 21.2. The average Bonchev–Trinajstić information content (AvgIpc) is 2.67. The Morgan fingerprint density at radius 3 is 2.25 bits per heavy atom. The van der Waals surface area contributed by atoms with Gasteiger partial charge < -0.3 is 19.2 Å². The van der Waals surface area contributed by atoms with Gasteiger partial charge in [-0.1, -0.05) is 38.5 Å². The van der Waals surface area contributed by atoms with E-state index in [0.717, 1.165) is 31.4 Å². The van der Waals surface area contributed by atoms with Crippen molar-refractivity contribution in [1.29, 1.82) is 0 Å². The van der Waals surface area contributed by atoms with E-state index in [1.807, 2.05) is 6.08 Å². The molecule has 1 atom stereocenters. The SMILES string of the molecule is CO/C1=C/c2c(OC)cc(=O)[nH]c2[C@H](OC(C)=O)CCCCCCCCCC1. The second kappa shape index (κ2) is 11.6. The third-order valence-corrected chi connectivity index (χ3v) is 5.13. The molecule has 0 aromatic carbocycles. The minimum Gasteiger partial charge on any atom is -0.501 e. The molecule has 0 fully saturated rings. The quantitative estimate of drug-likeness (QED) is 0.742. The second-order valence-electron chi connectivity index (χ2n) is 7.31. The Bertz CT molecular complexity index is 722. The molecule has 0 saturated carbocycles. The number of carbonyl (C=O) groups excluding carboxylic acids is 1. The highest BCUT2D eigenvalue weighted by Crippen LogP contribution is 2.32. The highest BCUT2D eigenvalue weighted by molar-refractivity contribution is 5.67. The number of nitrogens with one attached hydrogen (secondary N) is 1. The molecule has 0 saturated heterocycles. The van der Waals surface area contributed by atoms with Crippen LogP contribution in [0.5, 0.6) is 5.75 Å². The first-order valence-corrected chi connectivity index (χ1v) is 10.3. The Kier molecular flexibility index (Phi) is 9.11. The van der Waals surface area contributed by atoms with E-state index >= 15 is 0 Å². The molecule has 1 aliphatic carbocycles. The fourth-order valence-electron chi connectivity index (χ4n) is 3.68. The number of aromatic amines is 1. The molecule has 156 valence electrons. The van der Waals surface area contributed by atoms with E-state index in [1.165, 1.54) is 52.2 Å². The minimum absolute atomic E-state index is 0.280. The van der Waals surface area contributed by atoms with Crippen LogP contribution in [0.15, 0.2) is 16.6 Å². The van der Waals surface area contributed by atoms with Crippen molar-refractivity contribution in [1.82, 2.24) is 4.98 Å². The lowest BCUT2D eigenvalue weighted by molar-refractivity contribution is -0.147. The summed E-state index contributed by atoms with van der Waals surface area (Å²) in [6, 6.07) is 1.42. The predicted molar refractivity (Wildman–Crippen MR) is 109 cm³/mol. The van der Waals surface area contributed by atoms with Gasteiger partial charge in [-0.3, -0.25) is 9.59 Å². The molecule has 1 heterocycles. The molecule has 6 heteroatoms. The van der Waals surface area contributed by atoms with Crippen LogP contribution in [0.2, 0.25) is 0 Å². The van der Waals surface area contributed by atoms with Gasteiger partial charge in [-0.05, 0) is 25.3 Å². The number of hydrogen-bond donors (Lipinski definition) is 1. The van der Waals surface area contributed by atoms with Crippen molar-refractivity contribution in [2.75, 3.05) is 14.2 Å². The topological polar surface area (TPSA) is 77.6 Å². The lowest BCUT2D eigenvalue weighted by Gasteiger charge is -2.21. The molecular weight excluding hydrogens is 358 g/mol. The number of ether oxygens (including phenoxy) is 3. The Morgan fingerprint density at radius 2 is 1.64 bits per heavy atom. The van der Waals surface area contributed by atoms with Gasteiger partial charge in [-0.15, -0.1) is 0 Å². The highest BCUT2D eigenvalue weighted by Gasteiger charge is 2.22. The molecule has 0 bridgehead atoms. The smallest absolute Gasteiger partial charge is 0.303 e. The van der Waals surface area contributed by atoms with E-state index in [9.17, 15) is 9.59 Å². The first-order chi connectivity index (χ1) is 13.5. The van der Waals surface area contributed by atoms with Crippen molar-refractivity contribution >= 4 is 12.0 Å². The Hall–Kier alpha value is -2.24. The lowest BCUT2D eigenvalue weighted by Crippen LogP contribution is -2.18. The van der Waals surface area contributed by atoms with Crippen LogP contribution < -0.4 is 10.3 Å². The molecule has 1 aromatic rings. The first-order valence-electron chi connectivity index (χ1n) is 10.3. The van der Waals surface area contributed by atoms with E-state index in [2.05, 4.69) is 4.98 Å². The molecule has 0 amide bonds. The number of hydrogen-bond acceptors (Lipinski definition) is 5. The van der Waals surface area contributed by atoms with Crippen molar-refractivity contribution in [3.05, 3.63) is 33.4 Å². The van der Waals surface area contributed by atoms with E-state index in [1.54, 1.807) is 7.11 Å². The van der Waals surface area contributed by atoms with Gasteiger partial charge in [-0.2, -0.15) is 0 Å². The van der Waals surface area contributed by atoms with Crippen molar-refractivity contribution in [2.24, 2.45) is 0 Å². The molecule has 0 aliphatic heterocycles. The van der Waals surface area contributed by atoms with Gasteiger partial charge in [0.2, 0.25) is 0 Å². The summed E-state index contributed by atoms with van der Waals surface area (Å²) in [4.78, 5) is 26.8. The van der Waals surface area contributed by atoms with Gasteiger partial charge in [0, 0.05) is 25.0 Å². The van der Waals surface area contributed by atoms with E-state index in [4.69, 9.17) is 14.2 Å². The molecule has 2 rings (SSSR count). The van der Waals surface area contributed by atoms with E-state index in [0.29, 0.717) is 23.4 Å². The fraction of sp³-hybridized carbons (Fsp3) is 0.636. The van der Waals surface area contributed by atoms with Crippen molar-refractivity contribution < 1.29 is 19.0 Å². The summed E-state index contributed by atoms with van der Waals surface area (Å²) in [6.45, 7) is 1.39. The number of methoxy groups -OCH3 is 2. The van der Waals surface area contributed by atoms with Crippen LogP contribution in [0.25, 0.3) is 6.08 Å². The molecule has 1 aromatic heterocycles. The van der Waals surface area contributed by atoms with Crippen molar-refractivity contribution in [2.45, 2.75) is 77.2 Å². The summed E-state index contributed by atoms with van der Waals surface area (Å²) in [5.74, 6) is 0.909. The standard InChI is InChI=1S/C22H33NO5/c1-16(24)28-19-13-11-9-7-5-4-6-8-10-12-17(26-2)14-18-20(27-3)15-21(25)23-22(18)19/h14-15,19H,4-13H2,1-3H3,(H,23,25)/b17-14+/t19-/m1/s1. The minimum atomic E-state index is -0.519. The zero-order chi connectivity index (χ0) is 20.4. The van der Waals surface area contributed by atoms with Crippen LogP contribution in [-0.2, 0) is 14.3 Å². The van der Waals surface area contributed by atoms with Gasteiger partial charge in [0.15, 0.2) is 0 Å². The Labute approximate surface area is 167 Å². The highest BCUT2D eigenvalue weighted by atomic mass is 16.5. The lowest BCUT2D eigenvalue weighted by atomic mass is 10.0. The third-order valence-electron chi connectivity index (χ3n) is 5.13. The number of H-pyrrole nitrogens is 1. The fourth-order valence-corrected chi connectivity index (χ4v) is 3.68. The van der Waals surface area contributed by atoms with Crippen LogP contribution in [-0.4, -0.2) is 25.2 Å². The number of rotatable bonds is 3. The Balaban J connectivity index is 2.50. The molecule has 28 heavy (non-hydrogen) atoms. The van der Waals surface area contributed by atoms with Crippen LogP contribution in [0.3, 0.4) is 0 Å². The first kappa shape index (κ1) is 22.1.